The van der Waals surface area contributed by atoms with E-state index < -0.39 is 15.9 Å². The molecule has 9 heteroatoms. The predicted molar refractivity (Wildman–Crippen MR) is 99.8 cm³/mol. The molecule has 25 heavy (non-hydrogen) atoms. The quantitative estimate of drug-likeness (QED) is 0.741. The van der Waals surface area contributed by atoms with E-state index in [1.807, 2.05) is 6.07 Å². The summed E-state index contributed by atoms with van der Waals surface area (Å²) in [7, 11) is -3.93. The lowest BCUT2D eigenvalue weighted by molar-refractivity contribution is 0.0949. The summed E-state index contributed by atoms with van der Waals surface area (Å²) in [5, 5.41) is 0.374. The lowest BCUT2D eigenvalue weighted by Crippen LogP contribution is -2.41. The summed E-state index contributed by atoms with van der Waals surface area (Å²) in [5.74, 6) is 0.127. The number of carbonyl (C=O) groups is 1. The number of rotatable bonds is 4. The van der Waals surface area contributed by atoms with Crippen LogP contribution in [0.25, 0.3) is 0 Å². The summed E-state index contributed by atoms with van der Waals surface area (Å²) in [6.45, 7) is 2.19. The van der Waals surface area contributed by atoms with E-state index in [4.69, 9.17) is 23.2 Å². The van der Waals surface area contributed by atoms with Gasteiger partial charge >= 0.3 is 0 Å². The molecule has 0 saturated carbocycles. The smallest absolute Gasteiger partial charge is 0.273 e. The van der Waals surface area contributed by atoms with Crippen molar-refractivity contribution >= 4 is 50.5 Å². The van der Waals surface area contributed by atoms with Gasteiger partial charge in [-0.2, -0.15) is 0 Å². The standard InChI is InChI=1S/C16H16Cl2N2O3S2/c1-9-2-5-14-10(6-9)7-15(24-14)16(21)19-20-25(22,23)11-3-4-12(17)13(18)8-11/h3-4,7-9,20H,2,5-6H2,1H3,(H,19,21). The molecule has 3 rings (SSSR count). The first kappa shape index (κ1) is 18.7. The van der Waals surface area contributed by atoms with Crippen LogP contribution in [-0.4, -0.2) is 14.3 Å². The van der Waals surface area contributed by atoms with E-state index in [0.29, 0.717) is 10.8 Å². The van der Waals surface area contributed by atoms with E-state index in [1.54, 1.807) is 0 Å². The molecule has 1 aromatic carbocycles. The van der Waals surface area contributed by atoms with Gasteiger partial charge in [0.2, 0.25) is 0 Å². The highest BCUT2D eigenvalue weighted by Gasteiger charge is 2.22. The Labute approximate surface area is 160 Å². The second-order valence-electron chi connectivity index (χ2n) is 6.04. The monoisotopic (exact) mass is 418 g/mol. The fraction of sp³-hybridized carbons (Fsp3) is 0.312. The molecular formula is C16H16Cl2N2O3S2. The number of fused-ring (bicyclic) bond motifs is 1. The van der Waals surface area contributed by atoms with Gasteiger partial charge in [-0.05, 0) is 55.0 Å². The van der Waals surface area contributed by atoms with Gasteiger partial charge in [0.15, 0.2) is 0 Å². The molecule has 1 aliphatic carbocycles. The first-order valence-electron chi connectivity index (χ1n) is 7.65. The minimum Gasteiger partial charge on any atom is -0.273 e. The topological polar surface area (TPSA) is 75.3 Å². The zero-order valence-corrected chi connectivity index (χ0v) is 16.5. The molecule has 1 amide bonds. The van der Waals surface area contributed by atoms with Crippen LogP contribution in [0, 0.1) is 5.92 Å². The third kappa shape index (κ3) is 4.17. The van der Waals surface area contributed by atoms with Crippen LogP contribution in [0.1, 0.15) is 33.5 Å². The number of halogens is 2. The fourth-order valence-corrected chi connectivity index (χ4v) is 5.03. The number of amides is 1. The molecule has 1 atom stereocenters. The van der Waals surface area contributed by atoms with Gasteiger partial charge in [-0.3, -0.25) is 10.2 Å². The number of carbonyl (C=O) groups excluding carboxylic acids is 1. The molecule has 1 heterocycles. The van der Waals surface area contributed by atoms with Gasteiger partial charge in [-0.25, -0.2) is 8.42 Å². The Hall–Kier alpha value is -1.12. The molecule has 0 bridgehead atoms. The molecular weight excluding hydrogens is 403 g/mol. The fourth-order valence-electron chi connectivity index (χ4n) is 2.70. The third-order valence-electron chi connectivity index (χ3n) is 4.05. The van der Waals surface area contributed by atoms with Crippen LogP contribution in [0.15, 0.2) is 29.2 Å². The average molecular weight is 419 g/mol. The molecule has 0 radical (unpaired) electrons. The number of hydrogen-bond acceptors (Lipinski definition) is 4. The summed E-state index contributed by atoms with van der Waals surface area (Å²) in [4.78, 5) is 16.0. The van der Waals surface area contributed by atoms with Crippen LogP contribution in [0.2, 0.25) is 10.0 Å². The van der Waals surface area contributed by atoms with Crippen LogP contribution in [0.5, 0.6) is 0 Å². The molecule has 0 spiro atoms. The van der Waals surface area contributed by atoms with Crippen molar-refractivity contribution in [3.63, 3.8) is 0 Å². The van der Waals surface area contributed by atoms with Gasteiger partial charge in [0.1, 0.15) is 0 Å². The summed E-state index contributed by atoms with van der Waals surface area (Å²) >= 11 is 13.0. The Balaban J connectivity index is 1.70. The Morgan fingerprint density at radius 2 is 2.00 bits per heavy atom. The van der Waals surface area contributed by atoms with Crippen molar-refractivity contribution in [3.8, 4) is 0 Å². The maximum atomic E-state index is 12.3. The number of thiophene rings is 1. The van der Waals surface area contributed by atoms with Crippen LogP contribution in [-0.2, 0) is 22.9 Å². The minimum absolute atomic E-state index is 0.0819. The van der Waals surface area contributed by atoms with Crippen molar-refractivity contribution in [2.45, 2.75) is 31.1 Å². The number of sulfonamides is 1. The van der Waals surface area contributed by atoms with Crippen LogP contribution >= 0.6 is 34.5 Å². The molecule has 5 nitrogen and oxygen atoms in total. The molecule has 0 saturated heterocycles. The van der Waals surface area contributed by atoms with E-state index in [-0.39, 0.29) is 14.9 Å². The van der Waals surface area contributed by atoms with Gasteiger partial charge in [0.25, 0.3) is 15.9 Å². The summed E-state index contributed by atoms with van der Waals surface area (Å²) in [5.41, 5.74) is 3.43. The lowest BCUT2D eigenvalue weighted by Gasteiger charge is -2.16. The second-order valence-corrected chi connectivity index (χ2v) is 9.68. The zero-order valence-electron chi connectivity index (χ0n) is 13.3. The highest BCUT2D eigenvalue weighted by Crippen LogP contribution is 2.32. The van der Waals surface area contributed by atoms with Gasteiger partial charge in [0.05, 0.1) is 19.8 Å². The Kier molecular flexibility index (Phi) is 5.41. The van der Waals surface area contributed by atoms with Crippen molar-refractivity contribution in [1.29, 1.82) is 0 Å². The van der Waals surface area contributed by atoms with Crippen molar-refractivity contribution in [1.82, 2.24) is 10.3 Å². The van der Waals surface area contributed by atoms with E-state index >= 15 is 0 Å². The SMILES string of the molecule is CC1CCc2sc(C(=O)NNS(=O)(=O)c3ccc(Cl)c(Cl)c3)cc2C1. The highest BCUT2D eigenvalue weighted by molar-refractivity contribution is 7.89. The Morgan fingerprint density at radius 1 is 1.24 bits per heavy atom. The lowest BCUT2D eigenvalue weighted by atomic mass is 9.90. The second kappa shape index (κ2) is 7.25. The van der Waals surface area contributed by atoms with E-state index in [9.17, 15) is 13.2 Å². The summed E-state index contributed by atoms with van der Waals surface area (Å²) < 4.78 is 24.5. The third-order valence-corrected chi connectivity index (χ3v) is 7.27. The Bertz CT molecular complexity index is 925. The molecule has 134 valence electrons. The predicted octanol–water partition coefficient (Wildman–Crippen LogP) is 3.80. The zero-order chi connectivity index (χ0) is 18.2. The van der Waals surface area contributed by atoms with Crippen molar-refractivity contribution in [2.24, 2.45) is 5.92 Å². The number of benzene rings is 1. The minimum atomic E-state index is -3.93. The molecule has 0 fully saturated rings. The molecule has 1 aromatic heterocycles. The highest BCUT2D eigenvalue weighted by atomic mass is 35.5. The maximum Gasteiger partial charge on any atom is 0.276 e. The van der Waals surface area contributed by atoms with Crippen molar-refractivity contribution in [2.75, 3.05) is 0 Å². The molecule has 1 aliphatic rings. The number of nitrogens with one attached hydrogen (secondary N) is 2. The largest absolute Gasteiger partial charge is 0.276 e. The normalized spacial score (nSPS) is 17.2. The van der Waals surface area contributed by atoms with Crippen LogP contribution in [0.4, 0.5) is 0 Å². The van der Waals surface area contributed by atoms with Gasteiger partial charge in [-0.1, -0.05) is 30.1 Å². The Morgan fingerprint density at radius 3 is 2.72 bits per heavy atom. The van der Waals surface area contributed by atoms with Crippen molar-refractivity contribution < 1.29 is 13.2 Å². The van der Waals surface area contributed by atoms with Crippen LogP contribution in [0.3, 0.4) is 0 Å². The summed E-state index contributed by atoms with van der Waals surface area (Å²) in [6.07, 6.45) is 3.02. The van der Waals surface area contributed by atoms with E-state index in [2.05, 4.69) is 17.2 Å². The van der Waals surface area contributed by atoms with Crippen molar-refractivity contribution in [3.05, 3.63) is 49.6 Å². The number of hydrazine groups is 1. The molecule has 2 N–H and O–H groups in total. The number of hydrogen-bond donors (Lipinski definition) is 2. The van der Waals surface area contributed by atoms with E-state index in [1.165, 1.54) is 40.0 Å². The number of aryl methyl sites for hydroxylation is 1. The van der Waals surface area contributed by atoms with Gasteiger partial charge in [0, 0.05) is 4.88 Å². The first-order valence-corrected chi connectivity index (χ1v) is 10.7. The maximum absolute atomic E-state index is 12.3. The first-order chi connectivity index (χ1) is 11.8. The van der Waals surface area contributed by atoms with Crippen LogP contribution < -0.4 is 10.3 Å². The average Bonchev–Trinajstić information content (AvgIpc) is 2.98. The van der Waals surface area contributed by atoms with E-state index in [0.717, 1.165) is 19.3 Å². The van der Waals surface area contributed by atoms with Gasteiger partial charge < -0.3 is 0 Å². The molecule has 2 aromatic rings. The summed E-state index contributed by atoms with van der Waals surface area (Å²) in [6, 6.07) is 5.77. The molecule has 1 unspecified atom stereocenters. The van der Waals surface area contributed by atoms with Gasteiger partial charge in [-0.15, -0.1) is 16.2 Å². The molecule has 0 aliphatic heterocycles.